The normalized spacial score (nSPS) is 12.5. The zero-order valence-electron chi connectivity index (χ0n) is 6.04. The molecule has 0 amide bonds. The van der Waals surface area contributed by atoms with Gasteiger partial charge < -0.3 is 5.11 Å². The molecule has 0 heterocycles. The summed E-state index contributed by atoms with van der Waals surface area (Å²) >= 11 is 1.44. The summed E-state index contributed by atoms with van der Waals surface area (Å²) < 4.78 is 0. The fraction of sp³-hybridized carbons (Fsp3) is 0.571. The predicted molar refractivity (Wildman–Crippen MR) is 44.4 cm³/mol. The van der Waals surface area contributed by atoms with E-state index in [1.54, 1.807) is 13.0 Å². The van der Waals surface area contributed by atoms with Gasteiger partial charge in [-0.3, -0.25) is 4.79 Å². The van der Waals surface area contributed by atoms with Crippen LogP contribution in [0.2, 0.25) is 0 Å². The van der Waals surface area contributed by atoms with E-state index in [-0.39, 0.29) is 5.25 Å². The lowest BCUT2D eigenvalue weighted by molar-refractivity contribution is -0.136. The summed E-state index contributed by atoms with van der Waals surface area (Å²) in [6.45, 7) is 5.23. The Kier molecular flexibility index (Phi) is 5.12. The molecule has 1 unspecified atom stereocenters. The Morgan fingerprint density at radius 3 is 2.90 bits per heavy atom. The third-order valence-electron chi connectivity index (χ3n) is 1.04. The van der Waals surface area contributed by atoms with Crippen molar-refractivity contribution in [3.8, 4) is 0 Å². The van der Waals surface area contributed by atoms with Gasteiger partial charge in [0.05, 0.1) is 5.25 Å². The van der Waals surface area contributed by atoms with E-state index in [1.165, 1.54) is 11.8 Å². The van der Waals surface area contributed by atoms with Crippen LogP contribution in [0.4, 0.5) is 0 Å². The third kappa shape index (κ3) is 4.44. The molecule has 0 aromatic carbocycles. The van der Waals surface area contributed by atoms with Gasteiger partial charge in [-0.2, -0.15) is 0 Å². The molecule has 0 rings (SSSR count). The van der Waals surface area contributed by atoms with E-state index in [4.69, 9.17) is 5.11 Å². The summed E-state index contributed by atoms with van der Waals surface area (Å²) in [6, 6.07) is 0. The van der Waals surface area contributed by atoms with Crippen LogP contribution >= 0.6 is 11.8 Å². The average molecular weight is 160 g/mol. The first-order valence-electron chi connectivity index (χ1n) is 3.13. The summed E-state index contributed by atoms with van der Waals surface area (Å²) in [7, 11) is 0. The van der Waals surface area contributed by atoms with E-state index in [0.717, 1.165) is 12.2 Å². The zero-order valence-corrected chi connectivity index (χ0v) is 6.86. The van der Waals surface area contributed by atoms with E-state index in [1.807, 2.05) is 0 Å². The quantitative estimate of drug-likeness (QED) is 0.492. The Morgan fingerprint density at radius 2 is 2.50 bits per heavy atom. The number of carboxylic acid groups (broad SMARTS) is 1. The van der Waals surface area contributed by atoms with Gasteiger partial charge in [0.1, 0.15) is 0 Å². The summed E-state index contributed by atoms with van der Waals surface area (Å²) in [5.74, 6) is 0.103. The van der Waals surface area contributed by atoms with E-state index < -0.39 is 5.97 Å². The van der Waals surface area contributed by atoms with E-state index in [9.17, 15) is 4.79 Å². The lowest BCUT2D eigenvalue weighted by Crippen LogP contribution is -2.11. The summed E-state index contributed by atoms with van der Waals surface area (Å²) in [6.07, 6.45) is 2.67. The molecular formula is C7H12O2S. The molecule has 0 radical (unpaired) electrons. The maximum atomic E-state index is 10.2. The topological polar surface area (TPSA) is 37.3 Å². The highest BCUT2D eigenvalue weighted by atomic mass is 32.2. The predicted octanol–water partition coefficient (Wildman–Crippen LogP) is 1.77. The Balaban J connectivity index is 3.30. The second-order valence-electron chi connectivity index (χ2n) is 1.93. The molecule has 2 nitrogen and oxygen atoms in total. The Labute approximate surface area is 65.3 Å². The van der Waals surface area contributed by atoms with E-state index >= 15 is 0 Å². The van der Waals surface area contributed by atoms with Gasteiger partial charge in [-0.15, -0.1) is 18.3 Å². The van der Waals surface area contributed by atoms with Gasteiger partial charge in [-0.05, 0) is 19.1 Å². The zero-order chi connectivity index (χ0) is 7.98. The van der Waals surface area contributed by atoms with Crippen molar-refractivity contribution in [3.05, 3.63) is 12.7 Å². The summed E-state index contributed by atoms with van der Waals surface area (Å²) in [4.78, 5) is 10.2. The molecule has 0 spiro atoms. The van der Waals surface area contributed by atoms with Crippen LogP contribution in [0.15, 0.2) is 12.7 Å². The molecule has 3 heteroatoms. The molecule has 10 heavy (non-hydrogen) atoms. The minimum absolute atomic E-state index is 0.292. The van der Waals surface area contributed by atoms with Crippen LogP contribution in [-0.4, -0.2) is 22.1 Å². The Morgan fingerprint density at radius 1 is 1.90 bits per heavy atom. The molecule has 0 aliphatic carbocycles. The number of thioether (sulfide) groups is 1. The number of hydrogen-bond acceptors (Lipinski definition) is 2. The van der Waals surface area contributed by atoms with Gasteiger partial charge in [0, 0.05) is 0 Å². The monoisotopic (exact) mass is 160 g/mol. The van der Waals surface area contributed by atoms with Crippen LogP contribution in [-0.2, 0) is 4.79 Å². The van der Waals surface area contributed by atoms with Crippen LogP contribution in [0.25, 0.3) is 0 Å². The Hall–Kier alpha value is -0.440. The van der Waals surface area contributed by atoms with Gasteiger partial charge >= 0.3 is 5.97 Å². The molecule has 0 saturated carbocycles. The summed E-state index contributed by atoms with van der Waals surface area (Å²) in [5.41, 5.74) is 0. The highest BCUT2D eigenvalue weighted by Gasteiger charge is 2.09. The van der Waals surface area contributed by atoms with Crippen LogP contribution in [0.1, 0.15) is 13.3 Å². The van der Waals surface area contributed by atoms with Crippen molar-refractivity contribution in [2.45, 2.75) is 18.6 Å². The molecule has 58 valence electrons. The molecule has 0 aromatic heterocycles. The van der Waals surface area contributed by atoms with Gasteiger partial charge in [0.2, 0.25) is 0 Å². The highest BCUT2D eigenvalue weighted by molar-refractivity contribution is 8.00. The van der Waals surface area contributed by atoms with Crippen molar-refractivity contribution >= 4 is 17.7 Å². The SMILES string of the molecule is C=CCCSC(C)C(=O)O. The largest absolute Gasteiger partial charge is 0.480 e. The van der Waals surface area contributed by atoms with Gasteiger partial charge in [0.25, 0.3) is 0 Å². The molecular weight excluding hydrogens is 148 g/mol. The number of allylic oxidation sites excluding steroid dienone is 1. The maximum absolute atomic E-state index is 10.2. The lowest BCUT2D eigenvalue weighted by Gasteiger charge is -2.02. The standard InChI is InChI=1S/C7H12O2S/c1-3-4-5-10-6(2)7(8)9/h3,6H,1,4-5H2,2H3,(H,8,9). The fourth-order valence-electron chi connectivity index (χ4n) is 0.399. The van der Waals surface area contributed by atoms with Gasteiger partial charge in [-0.1, -0.05) is 6.08 Å². The second kappa shape index (κ2) is 5.35. The van der Waals surface area contributed by atoms with Crippen molar-refractivity contribution < 1.29 is 9.90 Å². The van der Waals surface area contributed by atoms with Crippen molar-refractivity contribution in [1.82, 2.24) is 0 Å². The van der Waals surface area contributed by atoms with Crippen molar-refractivity contribution in [2.75, 3.05) is 5.75 Å². The molecule has 1 atom stereocenters. The molecule has 0 saturated heterocycles. The van der Waals surface area contributed by atoms with Crippen LogP contribution in [0.3, 0.4) is 0 Å². The molecule has 0 bridgehead atoms. The van der Waals surface area contributed by atoms with Crippen molar-refractivity contribution in [3.63, 3.8) is 0 Å². The maximum Gasteiger partial charge on any atom is 0.316 e. The molecule has 0 fully saturated rings. The summed E-state index contributed by atoms with van der Waals surface area (Å²) in [5, 5.41) is 8.14. The number of hydrogen-bond donors (Lipinski definition) is 1. The first-order chi connectivity index (χ1) is 4.68. The number of carboxylic acids is 1. The molecule has 1 N–H and O–H groups in total. The number of rotatable bonds is 5. The van der Waals surface area contributed by atoms with E-state index in [2.05, 4.69) is 6.58 Å². The average Bonchev–Trinajstić information content (AvgIpc) is 1.88. The second-order valence-corrected chi connectivity index (χ2v) is 3.38. The van der Waals surface area contributed by atoms with Crippen LogP contribution < -0.4 is 0 Å². The third-order valence-corrected chi connectivity index (χ3v) is 2.21. The van der Waals surface area contributed by atoms with Crippen molar-refractivity contribution in [1.29, 1.82) is 0 Å². The van der Waals surface area contributed by atoms with Crippen molar-refractivity contribution in [2.24, 2.45) is 0 Å². The number of aliphatic carboxylic acids is 1. The Bertz CT molecular complexity index is 123. The highest BCUT2D eigenvalue weighted by Crippen LogP contribution is 2.11. The fourth-order valence-corrected chi connectivity index (χ4v) is 1.20. The molecule has 0 aromatic rings. The van der Waals surface area contributed by atoms with Gasteiger partial charge in [-0.25, -0.2) is 0 Å². The first-order valence-corrected chi connectivity index (χ1v) is 4.18. The number of carbonyl (C=O) groups is 1. The van der Waals surface area contributed by atoms with Gasteiger partial charge in [0.15, 0.2) is 0 Å². The lowest BCUT2D eigenvalue weighted by atomic mass is 10.5. The molecule has 0 aliphatic rings. The van der Waals surface area contributed by atoms with Crippen LogP contribution in [0, 0.1) is 0 Å². The molecule has 0 aliphatic heterocycles. The van der Waals surface area contributed by atoms with Crippen LogP contribution in [0.5, 0.6) is 0 Å². The minimum Gasteiger partial charge on any atom is -0.480 e. The smallest absolute Gasteiger partial charge is 0.316 e. The first kappa shape index (κ1) is 9.56. The minimum atomic E-state index is -0.742. The van der Waals surface area contributed by atoms with E-state index in [0.29, 0.717) is 0 Å².